The molecule has 148 valence electrons. The number of nitrogens with one attached hydrogen (secondary N) is 2. The highest BCUT2D eigenvalue weighted by molar-refractivity contribution is 6.29. The highest BCUT2D eigenvalue weighted by Gasteiger charge is 2.30. The van der Waals surface area contributed by atoms with Gasteiger partial charge in [0.15, 0.2) is 10.8 Å². The Morgan fingerprint density at radius 1 is 1.34 bits per heavy atom. The monoisotopic (exact) mass is 408 g/mol. The molecular weight excluding hydrogens is 388 g/mol. The summed E-state index contributed by atoms with van der Waals surface area (Å²) in [6.07, 6.45) is 5.83. The largest absolute Gasteiger partial charge is 0.379 e. The van der Waals surface area contributed by atoms with E-state index in [1.807, 2.05) is 31.3 Å². The quantitative estimate of drug-likeness (QED) is 0.653. The number of rotatable bonds is 6. The first-order chi connectivity index (χ1) is 13.9. The zero-order valence-corrected chi connectivity index (χ0v) is 17.0. The number of fused-ring (bicyclic) bond motifs is 1. The topological polar surface area (TPSA) is 83.7 Å². The number of imidazole rings is 1. The van der Waals surface area contributed by atoms with Crippen LogP contribution in [-0.4, -0.2) is 44.8 Å². The summed E-state index contributed by atoms with van der Waals surface area (Å²) in [5, 5.41) is 11.2. The Morgan fingerprint density at radius 3 is 2.83 bits per heavy atom. The number of aryl methyl sites for hydroxylation is 1. The van der Waals surface area contributed by atoms with Crippen molar-refractivity contribution in [3.63, 3.8) is 0 Å². The lowest BCUT2D eigenvalue weighted by molar-refractivity contribution is 0.0950. The van der Waals surface area contributed by atoms with Crippen molar-refractivity contribution in [2.75, 3.05) is 11.9 Å². The van der Waals surface area contributed by atoms with Crippen molar-refractivity contribution in [2.45, 2.75) is 38.3 Å². The number of hydrogen-bond acceptors (Lipinski definition) is 5. The van der Waals surface area contributed by atoms with E-state index < -0.39 is 0 Å². The second kappa shape index (κ2) is 6.56. The molecule has 0 bridgehead atoms. The third-order valence-corrected chi connectivity index (χ3v) is 5.51. The molecule has 5 rings (SSSR count). The molecule has 2 aliphatic rings. The Bertz CT molecular complexity index is 1160. The minimum absolute atomic E-state index is 0.0156. The number of carbonyl (C=O) groups excluding carboxylic acids is 1. The maximum Gasteiger partial charge on any atom is 0.251 e. The SMILES string of the molecule is Cc1cc(-c2cnc3c(NCC4(C)C=N4)cc(Cl)nn23)ccc1C(=O)NC1CC1. The number of hydrogen-bond donors (Lipinski definition) is 2. The number of benzene rings is 1. The van der Waals surface area contributed by atoms with Crippen molar-refractivity contribution < 1.29 is 4.79 Å². The molecule has 2 N–H and O–H groups in total. The normalized spacial score (nSPS) is 20.1. The Labute approximate surface area is 173 Å². The first-order valence-corrected chi connectivity index (χ1v) is 10.1. The number of anilines is 1. The van der Waals surface area contributed by atoms with Gasteiger partial charge in [0.1, 0.15) is 5.54 Å². The van der Waals surface area contributed by atoms with Crippen molar-refractivity contribution in [1.82, 2.24) is 19.9 Å². The third kappa shape index (κ3) is 3.58. The van der Waals surface area contributed by atoms with E-state index in [4.69, 9.17) is 11.6 Å². The van der Waals surface area contributed by atoms with Crippen LogP contribution in [0.5, 0.6) is 0 Å². The van der Waals surface area contributed by atoms with Crippen LogP contribution in [0, 0.1) is 6.92 Å². The van der Waals surface area contributed by atoms with E-state index in [1.165, 1.54) is 0 Å². The molecule has 0 radical (unpaired) electrons. The average Bonchev–Trinajstić information content (AvgIpc) is 3.59. The average molecular weight is 409 g/mol. The Hall–Kier alpha value is -2.93. The summed E-state index contributed by atoms with van der Waals surface area (Å²) in [5.41, 5.74) is 4.73. The van der Waals surface area contributed by atoms with Crippen LogP contribution >= 0.6 is 11.6 Å². The molecule has 29 heavy (non-hydrogen) atoms. The number of carbonyl (C=O) groups is 1. The summed E-state index contributed by atoms with van der Waals surface area (Å²) in [5.74, 6) is -0.0156. The van der Waals surface area contributed by atoms with Gasteiger partial charge in [-0.05, 0) is 44.4 Å². The lowest BCUT2D eigenvalue weighted by Crippen LogP contribution is -2.26. The maximum absolute atomic E-state index is 12.4. The number of nitrogens with zero attached hydrogens (tertiary/aromatic N) is 4. The number of aliphatic imine (C=N–C) groups is 1. The summed E-state index contributed by atoms with van der Waals surface area (Å²) in [6.45, 7) is 4.67. The Balaban J connectivity index is 1.47. The highest BCUT2D eigenvalue weighted by Crippen LogP contribution is 2.29. The van der Waals surface area contributed by atoms with Gasteiger partial charge in [0.2, 0.25) is 0 Å². The zero-order valence-electron chi connectivity index (χ0n) is 16.2. The van der Waals surface area contributed by atoms with Crippen LogP contribution in [0.25, 0.3) is 16.9 Å². The molecule has 1 aliphatic carbocycles. The van der Waals surface area contributed by atoms with E-state index in [-0.39, 0.29) is 11.4 Å². The fourth-order valence-corrected chi connectivity index (χ4v) is 3.49. The van der Waals surface area contributed by atoms with Crippen molar-refractivity contribution in [2.24, 2.45) is 4.99 Å². The molecule has 1 fully saturated rings. The van der Waals surface area contributed by atoms with Gasteiger partial charge in [-0.2, -0.15) is 5.10 Å². The summed E-state index contributed by atoms with van der Waals surface area (Å²) in [6, 6.07) is 7.88. The van der Waals surface area contributed by atoms with Crippen LogP contribution in [0.2, 0.25) is 5.15 Å². The van der Waals surface area contributed by atoms with E-state index in [1.54, 1.807) is 16.8 Å². The highest BCUT2D eigenvalue weighted by atomic mass is 35.5. The van der Waals surface area contributed by atoms with Gasteiger partial charge >= 0.3 is 0 Å². The van der Waals surface area contributed by atoms with Gasteiger partial charge < -0.3 is 10.6 Å². The maximum atomic E-state index is 12.4. The summed E-state index contributed by atoms with van der Waals surface area (Å²) in [4.78, 5) is 21.2. The predicted octanol–water partition coefficient (Wildman–Crippen LogP) is 3.51. The van der Waals surface area contributed by atoms with Gasteiger partial charge in [0, 0.05) is 36.0 Å². The van der Waals surface area contributed by atoms with E-state index in [0.717, 1.165) is 35.3 Å². The van der Waals surface area contributed by atoms with Crippen molar-refractivity contribution in [1.29, 1.82) is 0 Å². The minimum Gasteiger partial charge on any atom is -0.379 e. The number of amides is 1. The first-order valence-electron chi connectivity index (χ1n) is 9.68. The lowest BCUT2D eigenvalue weighted by atomic mass is 10.0. The van der Waals surface area contributed by atoms with Gasteiger partial charge in [0.05, 0.1) is 17.6 Å². The predicted molar refractivity (Wildman–Crippen MR) is 114 cm³/mol. The zero-order chi connectivity index (χ0) is 20.2. The molecule has 7 nitrogen and oxygen atoms in total. The van der Waals surface area contributed by atoms with Gasteiger partial charge in [-0.25, -0.2) is 9.50 Å². The molecule has 1 aromatic carbocycles. The van der Waals surface area contributed by atoms with Gasteiger partial charge in [-0.3, -0.25) is 9.79 Å². The third-order valence-electron chi connectivity index (χ3n) is 5.32. The minimum atomic E-state index is -0.129. The van der Waals surface area contributed by atoms with E-state index >= 15 is 0 Å². The second-order valence-electron chi connectivity index (χ2n) is 8.01. The van der Waals surface area contributed by atoms with Crippen molar-refractivity contribution in [3.05, 3.63) is 46.7 Å². The van der Waals surface area contributed by atoms with Crippen LogP contribution in [0.1, 0.15) is 35.7 Å². The Kier molecular flexibility index (Phi) is 4.10. The van der Waals surface area contributed by atoms with E-state index in [2.05, 4.69) is 32.6 Å². The smallest absolute Gasteiger partial charge is 0.251 e. The van der Waals surface area contributed by atoms with Crippen molar-refractivity contribution >= 4 is 35.1 Å². The van der Waals surface area contributed by atoms with Crippen LogP contribution < -0.4 is 10.6 Å². The number of aromatic nitrogens is 3. The second-order valence-corrected chi connectivity index (χ2v) is 8.39. The summed E-state index contributed by atoms with van der Waals surface area (Å²) in [7, 11) is 0. The molecule has 1 unspecified atom stereocenters. The fourth-order valence-electron chi connectivity index (χ4n) is 3.31. The van der Waals surface area contributed by atoms with E-state index in [0.29, 0.717) is 29.0 Å². The van der Waals surface area contributed by atoms with E-state index in [9.17, 15) is 4.79 Å². The Morgan fingerprint density at radius 2 is 2.14 bits per heavy atom. The molecule has 0 saturated heterocycles. The molecule has 8 heteroatoms. The molecule has 1 atom stereocenters. The van der Waals surface area contributed by atoms with Crippen molar-refractivity contribution in [3.8, 4) is 11.3 Å². The van der Waals surface area contributed by atoms with Crippen LogP contribution in [0.15, 0.2) is 35.5 Å². The molecule has 1 aliphatic heterocycles. The molecule has 2 aromatic heterocycles. The van der Waals surface area contributed by atoms with Crippen LogP contribution in [-0.2, 0) is 0 Å². The molecule has 0 spiro atoms. The van der Waals surface area contributed by atoms with Gasteiger partial charge in [-0.1, -0.05) is 17.7 Å². The summed E-state index contributed by atoms with van der Waals surface area (Å²) >= 11 is 6.27. The van der Waals surface area contributed by atoms with Gasteiger partial charge in [-0.15, -0.1) is 0 Å². The molecule has 1 saturated carbocycles. The molecule has 1 amide bonds. The summed E-state index contributed by atoms with van der Waals surface area (Å²) < 4.78 is 1.74. The van der Waals surface area contributed by atoms with Gasteiger partial charge in [0.25, 0.3) is 5.91 Å². The standard InChI is InChI=1S/C21H21ClN6O/c1-12-7-13(3-6-15(12)20(29)26-14-4-5-14)17-9-23-19-16(8-18(22)27-28(17)19)24-10-21(2)11-25-21/h3,6-9,11,14,24H,4-5,10H2,1-2H3,(H,26,29). The molecular formula is C21H21ClN6O. The molecule has 3 heterocycles. The van der Waals surface area contributed by atoms with Crippen LogP contribution in [0.4, 0.5) is 5.69 Å². The molecule has 3 aromatic rings. The first kappa shape index (κ1) is 18.1. The van der Waals surface area contributed by atoms with Crippen LogP contribution in [0.3, 0.4) is 0 Å². The number of halogens is 1. The lowest BCUT2D eigenvalue weighted by Gasteiger charge is -2.12. The fraction of sp³-hybridized carbons (Fsp3) is 0.333.